The van der Waals surface area contributed by atoms with Crippen molar-refractivity contribution in [2.75, 3.05) is 13.1 Å². The van der Waals surface area contributed by atoms with Gasteiger partial charge in [-0.05, 0) is 48.7 Å². The molecule has 0 N–H and O–H groups in total. The Morgan fingerprint density at radius 3 is 2.63 bits per heavy atom. The highest BCUT2D eigenvalue weighted by Crippen LogP contribution is 2.28. The van der Waals surface area contributed by atoms with Crippen LogP contribution in [-0.2, 0) is 21.4 Å². The maximum atomic E-state index is 12.7. The number of benzene rings is 2. The van der Waals surface area contributed by atoms with Gasteiger partial charge in [0.15, 0.2) is 0 Å². The van der Waals surface area contributed by atoms with Crippen molar-refractivity contribution >= 4 is 27.6 Å². The minimum absolute atomic E-state index is 0.0226. The van der Waals surface area contributed by atoms with Gasteiger partial charge in [0.05, 0.1) is 22.2 Å². The van der Waals surface area contributed by atoms with Crippen molar-refractivity contribution in [2.24, 2.45) is 0 Å². The molecule has 1 fully saturated rings. The first-order chi connectivity index (χ1) is 12.9. The van der Waals surface area contributed by atoms with Gasteiger partial charge in [-0.25, -0.2) is 13.2 Å². The topological polar surface area (TPSA) is 87.5 Å². The number of sulfonamides is 1. The average Bonchev–Trinajstić information content (AvgIpc) is 3.22. The van der Waals surface area contributed by atoms with Crippen LogP contribution < -0.4 is 0 Å². The first kappa shape index (κ1) is 19.4. The summed E-state index contributed by atoms with van der Waals surface area (Å²) < 4.78 is 32.1. The number of esters is 1. The highest BCUT2D eigenvalue weighted by atomic mass is 35.5. The summed E-state index contributed by atoms with van der Waals surface area (Å²) in [5.74, 6) is -0.660. The van der Waals surface area contributed by atoms with Gasteiger partial charge < -0.3 is 4.74 Å². The third-order valence-electron chi connectivity index (χ3n) is 4.28. The minimum Gasteiger partial charge on any atom is -0.457 e. The van der Waals surface area contributed by atoms with Crippen molar-refractivity contribution in [2.45, 2.75) is 24.3 Å². The van der Waals surface area contributed by atoms with E-state index >= 15 is 0 Å². The molecule has 0 spiro atoms. The zero-order valence-electron chi connectivity index (χ0n) is 14.4. The van der Waals surface area contributed by atoms with E-state index in [0.717, 1.165) is 12.8 Å². The highest BCUT2D eigenvalue weighted by molar-refractivity contribution is 7.89. The van der Waals surface area contributed by atoms with Crippen molar-refractivity contribution in [3.8, 4) is 6.07 Å². The lowest BCUT2D eigenvalue weighted by molar-refractivity contribution is 0.0472. The summed E-state index contributed by atoms with van der Waals surface area (Å²) in [6.45, 7) is 0.871. The van der Waals surface area contributed by atoms with E-state index in [2.05, 4.69) is 0 Å². The number of hydrogen-bond acceptors (Lipinski definition) is 5. The van der Waals surface area contributed by atoms with E-state index < -0.39 is 16.0 Å². The third kappa shape index (κ3) is 4.30. The van der Waals surface area contributed by atoms with Crippen LogP contribution in [-0.4, -0.2) is 31.8 Å². The van der Waals surface area contributed by atoms with E-state index in [4.69, 9.17) is 21.6 Å². The van der Waals surface area contributed by atoms with Gasteiger partial charge in [0, 0.05) is 13.1 Å². The Labute approximate surface area is 163 Å². The molecule has 0 bridgehead atoms. The number of carbonyl (C=O) groups excluding carboxylic acids is 1. The number of ether oxygens (including phenoxy) is 1. The van der Waals surface area contributed by atoms with Crippen molar-refractivity contribution < 1.29 is 17.9 Å². The Bertz CT molecular complexity index is 1010. The lowest BCUT2D eigenvalue weighted by Gasteiger charge is -2.17. The van der Waals surface area contributed by atoms with Crippen LogP contribution in [0.1, 0.15) is 34.3 Å². The summed E-state index contributed by atoms with van der Waals surface area (Å²) in [4.78, 5) is 12.3. The van der Waals surface area contributed by atoms with Crippen molar-refractivity contribution in [1.82, 2.24) is 4.31 Å². The molecule has 140 valence electrons. The SMILES string of the molecule is N#Cc1cccc(COC(=O)c2ccc(Cl)c(S(=O)(=O)N3CCCC3)c2)c1. The molecule has 0 radical (unpaired) electrons. The van der Waals surface area contributed by atoms with Crippen molar-refractivity contribution in [1.29, 1.82) is 5.26 Å². The van der Waals surface area contributed by atoms with Gasteiger partial charge in [-0.2, -0.15) is 9.57 Å². The molecule has 0 unspecified atom stereocenters. The average molecular weight is 405 g/mol. The van der Waals surface area contributed by atoms with Crippen LogP contribution in [0.4, 0.5) is 0 Å². The molecule has 0 aliphatic carbocycles. The van der Waals surface area contributed by atoms with E-state index in [1.807, 2.05) is 6.07 Å². The van der Waals surface area contributed by atoms with Crippen molar-refractivity contribution in [3.05, 3.63) is 64.2 Å². The van der Waals surface area contributed by atoms with E-state index in [1.54, 1.807) is 24.3 Å². The van der Waals surface area contributed by atoms with Crippen LogP contribution in [0.3, 0.4) is 0 Å². The molecule has 1 aliphatic heterocycles. The molecule has 1 heterocycles. The number of nitrogens with zero attached hydrogens (tertiary/aromatic N) is 2. The van der Waals surface area contributed by atoms with Gasteiger partial charge in [0.25, 0.3) is 0 Å². The fourth-order valence-corrected chi connectivity index (χ4v) is 4.88. The molecule has 8 heteroatoms. The summed E-state index contributed by atoms with van der Waals surface area (Å²) in [7, 11) is -3.74. The molecule has 6 nitrogen and oxygen atoms in total. The van der Waals surface area contributed by atoms with E-state index in [-0.39, 0.29) is 22.1 Å². The Morgan fingerprint density at radius 1 is 1.19 bits per heavy atom. The molecule has 2 aromatic carbocycles. The Balaban J connectivity index is 1.78. The summed E-state index contributed by atoms with van der Waals surface area (Å²) in [6.07, 6.45) is 1.61. The predicted octanol–water partition coefficient (Wildman–Crippen LogP) is 3.35. The number of carbonyl (C=O) groups is 1. The van der Waals surface area contributed by atoms with Crippen LogP contribution in [0.2, 0.25) is 5.02 Å². The first-order valence-electron chi connectivity index (χ1n) is 8.37. The molecule has 0 amide bonds. The van der Waals surface area contributed by atoms with Crippen LogP contribution in [0.25, 0.3) is 0 Å². The van der Waals surface area contributed by atoms with Crippen molar-refractivity contribution in [3.63, 3.8) is 0 Å². The van der Waals surface area contributed by atoms with Gasteiger partial charge in [-0.1, -0.05) is 23.7 Å². The van der Waals surface area contributed by atoms with Crippen LogP contribution in [0.5, 0.6) is 0 Å². The minimum atomic E-state index is -3.74. The highest BCUT2D eigenvalue weighted by Gasteiger charge is 2.29. The molecular weight excluding hydrogens is 388 g/mol. The smallest absolute Gasteiger partial charge is 0.338 e. The van der Waals surface area contributed by atoms with Gasteiger partial charge in [0.1, 0.15) is 11.5 Å². The lowest BCUT2D eigenvalue weighted by atomic mass is 10.1. The van der Waals surface area contributed by atoms with E-state index in [1.165, 1.54) is 22.5 Å². The fourth-order valence-electron chi connectivity index (χ4n) is 2.86. The molecule has 1 aliphatic rings. The Morgan fingerprint density at radius 2 is 1.93 bits per heavy atom. The predicted molar refractivity (Wildman–Crippen MR) is 99.7 cm³/mol. The fraction of sp³-hybridized carbons (Fsp3) is 0.263. The summed E-state index contributed by atoms with van der Waals surface area (Å²) >= 11 is 6.08. The van der Waals surface area contributed by atoms with Crippen LogP contribution >= 0.6 is 11.6 Å². The largest absolute Gasteiger partial charge is 0.457 e. The van der Waals surface area contributed by atoms with Gasteiger partial charge in [-0.15, -0.1) is 0 Å². The summed E-state index contributed by atoms with van der Waals surface area (Å²) in [6, 6.07) is 12.8. The number of rotatable bonds is 5. The molecule has 3 rings (SSSR count). The summed E-state index contributed by atoms with van der Waals surface area (Å²) in [5, 5.41) is 8.98. The van der Waals surface area contributed by atoms with Crippen LogP contribution in [0, 0.1) is 11.3 Å². The van der Waals surface area contributed by atoms with Crippen LogP contribution in [0.15, 0.2) is 47.4 Å². The van der Waals surface area contributed by atoms with Gasteiger partial charge in [-0.3, -0.25) is 0 Å². The number of nitriles is 1. The second-order valence-electron chi connectivity index (χ2n) is 6.14. The standard InChI is InChI=1S/C19H17ClN2O4S/c20-17-7-6-16(11-18(17)27(24,25)22-8-1-2-9-22)19(23)26-13-15-5-3-4-14(10-15)12-21/h3-7,10-11H,1-2,8-9,13H2. The number of hydrogen-bond donors (Lipinski definition) is 0. The van der Waals surface area contributed by atoms with E-state index in [0.29, 0.717) is 24.2 Å². The van der Waals surface area contributed by atoms with Gasteiger partial charge in [0.2, 0.25) is 10.0 Å². The molecule has 27 heavy (non-hydrogen) atoms. The quantitative estimate of drug-likeness (QED) is 0.713. The second-order valence-corrected chi connectivity index (χ2v) is 8.46. The summed E-state index contributed by atoms with van der Waals surface area (Å²) in [5.41, 5.74) is 1.24. The van der Waals surface area contributed by atoms with E-state index in [9.17, 15) is 13.2 Å². The second kappa shape index (κ2) is 8.09. The monoisotopic (exact) mass is 404 g/mol. The number of halogens is 1. The Kier molecular flexibility index (Phi) is 5.80. The molecule has 0 saturated carbocycles. The molecular formula is C19H17ClN2O4S. The molecule has 0 atom stereocenters. The molecule has 1 saturated heterocycles. The maximum absolute atomic E-state index is 12.7. The lowest BCUT2D eigenvalue weighted by Crippen LogP contribution is -2.28. The van der Waals surface area contributed by atoms with Gasteiger partial charge >= 0.3 is 5.97 Å². The molecule has 0 aromatic heterocycles. The normalized spacial score (nSPS) is 14.7. The Hall–Kier alpha value is -2.40. The first-order valence-corrected chi connectivity index (χ1v) is 10.2. The third-order valence-corrected chi connectivity index (χ3v) is 6.66. The zero-order valence-corrected chi connectivity index (χ0v) is 16.0. The molecule has 2 aromatic rings. The maximum Gasteiger partial charge on any atom is 0.338 e. The zero-order chi connectivity index (χ0) is 19.4.